The second-order valence-corrected chi connectivity index (χ2v) is 9.86. The minimum Gasteiger partial charge on any atom is -0.476 e. The van der Waals surface area contributed by atoms with Crippen LogP contribution in [-0.4, -0.2) is 33.0 Å². The lowest BCUT2D eigenvalue weighted by molar-refractivity contribution is -0.128. The van der Waals surface area contributed by atoms with Crippen molar-refractivity contribution in [2.24, 2.45) is 0 Å². The van der Waals surface area contributed by atoms with Gasteiger partial charge in [0.25, 0.3) is 15.9 Å². The topological polar surface area (TPSA) is 75.7 Å². The Labute approximate surface area is 175 Å². The molecule has 1 heterocycles. The van der Waals surface area contributed by atoms with E-state index in [1.54, 1.807) is 42.5 Å². The highest BCUT2D eigenvalue weighted by molar-refractivity contribution is 7.92. The summed E-state index contributed by atoms with van der Waals surface area (Å²) in [5, 5.41) is 3.39. The zero-order valence-corrected chi connectivity index (χ0v) is 17.7. The third kappa shape index (κ3) is 4.07. The molecule has 1 amide bonds. The summed E-state index contributed by atoms with van der Waals surface area (Å²) in [6.07, 6.45) is 3.13. The minimum absolute atomic E-state index is 0.109. The largest absolute Gasteiger partial charge is 0.476 e. The van der Waals surface area contributed by atoms with Crippen LogP contribution >= 0.6 is 11.6 Å². The molecule has 1 unspecified atom stereocenters. The van der Waals surface area contributed by atoms with Gasteiger partial charge in [0.05, 0.1) is 17.1 Å². The molecule has 1 N–H and O–H groups in total. The lowest BCUT2D eigenvalue weighted by Crippen LogP contribution is -2.52. The molecule has 0 aromatic heterocycles. The maximum absolute atomic E-state index is 13.4. The number of benzene rings is 2. The number of nitrogens with zero attached hydrogens (tertiary/aromatic N) is 1. The van der Waals surface area contributed by atoms with Crippen molar-refractivity contribution in [3.63, 3.8) is 0 Å². The molecule has 4 rings (SSSR count). The van der Waals surface area contributed by atoms with Gasteiger partial charge in [-0.3, -0.25) is 9.10 Å². The van der Waals surface area contributed by atoms with Crippen molar-refractivity contribution < 1.29 is 17.9 Å². The number of aryl methyl sites for hydroxylation is 1. The van der Waals surface area contributed by atoms with Crippen LogP contribution in [0.5, 0.6) is 5.75 Å². The van der Waals surface area contributed by atoms with E-state index < -0.39 is 16.1 Å². The Morgan fingerprint density at radius 3 is 2.52 bits per heavy atom. The van der Waals surface area contributed by atoms with Gasteiger partial charge in [0, 0.05) is 11.1 Å². The standard InChI is InChI=1S/C21H23ClN2O4S/c1-14-6-9-17(10-7-14)29(26,27)24-13-20(21(25)23-16-4-2-3-5-16)28-19-11-8-15(22)12-18(19)24/h6-12,16,20H,2-5,13H2,1H3,(H,23,25). The summed E-state index contributed by atoms with van der Waals surface area (Å²) in [6.45, 7) is 1.78. The Morgan fingerprint density at radius 2 is 1.83 bits per heavy atom. The quantitative estimate of drug-likeness (QED) is 0.796. The summed E-state index contributed by atoms with van der Waals surface area (Å²) >= 11 is 6.11. The smallest absolute Gasteiger partial charge is 0.264 e. The van der Waals surface area contributed by atoms with E-state index in [2.05, 4.69) is 5.32 Å². The second kappa shape index (κ2) is 7.88. The van der Waals surface area contributed by atoms with Crippen molar-refractivity contribution in [1.82, 2.24) is 5.32 Å². The highest BCUT2D eigenvalue weighted by Crippen LogP contribution is 2.39. The number of ether oxygens (including phenoxy) is 1. The maximum atomic E-state index is 13.4. The molecule has 1 fully saturated rings. The molecular formula is C21H23ClN2O4S. The number of anilines is 1. The molecule has 154 valence electrons. The van der Waals surface area contributed by atoms with Crippen molar-refractivity contribution in [2.75, 3.05) is 10.8 Å². The molecule has 8 heteroatoms. The maximum Gasteiger partial charge on any atom is 0.264 e. The first-order valence-electron chi connectivity index (χ1n) is 9.70. The first-order chi connectivity index (χ1) is 13.8. The Bertz CT molecular complexity index is 1020. The molecule has 0 radical (unpaired) electrons. The van der Waals surface area contributed by atoms with Crippen molar-refractivity contribution in [1.29, 1.82) is 0 Å². The number of sulfonamides is 1. The molecule has 29 heavy (non-hydrogen) atoms. The first-order valence-corrected chi connectivity index (χ1v) is 11.5. The average Bonchev–Trinajstić information content (AvgIpc) is 3.20. The van der Waals surface area contributed by atoms with Gasteiger partial charge in [0.1, 0.15) is 5.75 Å². The fourth-order valence-electron chi connectivity index (χ4n) is 3.79. The lowest BCUT2D eigenvalue weighted by Gasteiger charge is -2.35. The molecule has 6 nitrogen and oxygen atoms in total. The average molecular weight is 435 g/mol. The van der Waals surface area contributed by atoms with Gasteiger partial charge in [-0.15, -0.1) is 0 Å². The predicted octanol–water partition coefficient (Wildman–Crippen LogP) is 3.66. The fourth-order valence-corrected chi connectivity index (χ4v) is 5.42. The van der Waals surface area contributed by atoms with Gasteiger partial charge in [-0.05, 0) is 50.1 Å². The van der Waals surface area contributed by atoms with Crippen LogP contribution in [-0.2, 0) is 14.8 Å². The van der Waals surface area contributed by atoms with Crippen molar-refractivity contribution in [3.8, 4) is 5.75 Å². The lowest BCUT2D eigenvalue weighted by atomic mass is 10.2. The van der Waals surface area contributed by atoms with Crippen LogP contribution < -0.4 is 14.4 Å². The van der Waals surface area contributed by atoms with E-state index in [1.807, 2.05) is 6.92 Å². The number of hydrogen-bond donors (Lipinski definition) is 1. The SMILES string of the molecule is Cc1ccc(S(=O)(=O)N2CC(C(=O)NC3CCCC3)Oc3ccc(Cl)cc32)cc1. The Morgan fingerprint density at radius 1 is 1.14 bits per heavy atom. The van der Waals surface area contributed by atoms with Gasteiger partial charge in [0.15, 0.2) is 6.10 Å². The van der Waals surface area contributed by atoms with Crippen LogP contribution in [0.25, 0.3) is 0 Å². The molecule has 1 saturated carbocycles. The number of fused-ring (bicyclic) bond motifs is 1. The van der Waals surface area contributed by atoms with E-state index in [1.165, 1.54) is 4.31 Å². The summed E-state index contributed by atoms with van der Waals surface area (Å²) in [5.74, 6) is 0.0320. The van der Waals surface area contributed by atoms with E-state index in [0.717, 1.165) is 31.2 Å². The van der Waals surface area contributed by atoms with Crippen molar-refractivity contribution in [2.45, 2.75) is 49.6 Å². The normalized spacial score (nSPS) is 19.5. The summed E-state index contributed by atoms with van der Waals surface area (Å²) < 4.78 is 33.8. The number of carbonyl (C=O) groups is 1. The number of amides is 1. The zero-order chi connectivity index (χ0) is 20.6. The van der Waals surface area contributed by atoms with Crippen LogP contribution in [0.1, 0.15) is 31.2 Å². The van der Waals surface area contributed by atoms with E-state index in [4.69, 9.17) is 16.3 Å². The minimum atomic E-state index is -3.89. The van der Waals surface area contributed by atoms with Gasteiger partial charge in [-0.1, -0.05) is 42.1 Å². The van der Waals surface area contributed by atoms with Gasteiger partial charge in [0.2, 0.25) is 0 Å². The number of nitrogens with one attached hydrogen (secondary N) is 1. The van der Waals surface area contributed by atoms with Gasteiger partial charge >= 0.3 is 0 Å². The molecule has 1 atom stereocenters. The van der Waals surface area contributed by atoms with Gasteiger partial charge < -0.3 is 10.1 Å². The molecule has 1 aliphatic carbocycles. The number of halogens is 1. The molecule has 2 aromatic carbocycles. The van der Waals surface area contributed by atoms with E-state index in [9.17, 15) is 13.2 Å². The van der Waals surface area contributed by atoms with Crippen LogP contribution in [0.15, 0.2) is 47.4 Å². The van der Waals surface area contributed by atoms with Crippen molar-refractivity contribution >= 4 is 33.2 Å². The van der Waals surface area contributed by atoms with Gasteiger partial charge in [-0.2, -0.15) is 0 Å². The molecule has 0 spiro atoms. The number of hydrogen-bond acceptors (Lipinski definition) is 4. The Balaban J connectivity index is 1.68. The summed E-state index contributed by atoms with van der Waals surface area (Å²) in [7, 11) is -3.89. The van der Waals surface area contributed by atoms with Crippen LogP contribution in [0.2, 0.25) is 5.02 Å². The van der Waals surface area contributed by atoms with Crippen molar-refractivity contribution in [3.05, 3.63) is 53.1 Å². The Hall–Kier alpha value is -2.25. The predicted molar refractivity (Wildman–Crippen MR) is 112 cm³/mol. The fraction of sp³-hybridized carbons (Fsp3) is 0.381. The summed E-state index contributed by atoms with van der Waals surface area (Å²) in [4.78, 5) is 13.0. The molecule has 0 bridgehead atoms. The van der Waals surface area contributed by atoms with E-state index >= 15 is 0 Å². The zero-order valence-electron chi connectivity index (χ0n) is 16.1. The molecule has 2 aliphatic rings. The van der Waals surface area contributed by atoms with Crippen LogP contribution in [0.3, 0.4) is 0 Å². The first kappa shape index (κ1) is 20.0. The molecule has 0 saturated heterocycles. The van der Waals surface area contributed by atoms with Crippen LogP contribution in [0.4, 0.5) is 5.69 Å². The highest BCUT2D eigenvalue weighted by Gasteiger charge is 2.38. The number of carbonyl (C=O) groups excluding carboxylic acids is 1. The van der Waals surface area contributed by atoms with E-state index in [0.29, 0.717) is 16.5 Å². The van der Waals surface area contributed by atoms with Gasteiger partial charge in [-0.25, -0.2) is 8.42 Å². The molecule has 1 aliphatic heterocycles. The molecule has 2 aromatic rings. The molecular weight excluding hydrogens is 412 g/mol. The highest BCUT2D eigenvalue weighted by atomic mass is 35.5. The summed E-state index contributed by atoms with van der Waals surface area (Å²) in [5.41, 5.74) is 1.30. The second-order valence-electron chi connectivity index (χ2n) is 7.56. The number of rotatable bonds is 4. The Kier molecular flexibility index (Phi) is 5.44. The third-order valence-electron chi connectivity index (χ3n) is 5.39. The van der Waals surface area contributed by atoms with E-state index in [-0.39, 0.29) is 23.4 Å². The third-order valence-corrected chi connectivity index (χ3v) is 7.42. The van der Waals surface area contributed by atoms with Crippen LogP contribution in [0, 0.1) is 6.92 Å². The summed E-state index contributed by atoms with van der Waals surface area (Å²) in [6, 6.07) is 11.5. The monoisotopic (exact) mass is 434 g/mol.